The van der Waals surface area contributed by atoms with Gasteiger partial charge in [0.1, 0.15) is 0 Å². The molecule has 0 aliphatic carbocycles. The van der Waals surface area contributed by atoms with Crippen molar-refractivity contribution in [2.45, 2.75) is 0 Å². The highest BCUT2D eigenvalue weighted by atomic mass is 19.2. The average Bonchev–Trinajstić information content (AvgIpc) is 3.11. The molecule has 0 unspecified atom stereocenters. The minimum absolute atomic E-state index is 1.42. The highest BCUT2D eigenvalue weighted by Crippen LogP contribution is 2.40. The van der Waals surface area contributed by atoms with Crippen LogP contribution in [-0.2, 0) is 0 Å². The number of halogens is 20. The molecule has 0 spiro atoms. The van der Waals surface area contributed by atoms with Gasteiger partial charge in [-0.2, -0.15) is 35.1 Å². The maximum Gasteiger partial charge on any atom is 0.777 e. The van der Waals surface area contributed by atoms with Crippen LogP contribution in [0.4, 0.5) is 87.8 Å². The zero-order valence-corrected chi connectivity index (χ0v) is 25.3. The number of rotatable bonds is 8. The zero-order valence-electron chi connectivity index (χ0n) is 25.3. The molecule has 0 aliphatic rings. The first kappa shape index (κ1) is 42.1. The van der Waals surface area contributed by atoms with E-state index in [4.69, 9.17) is 0 Å². The Morgan fingerprint density at radius 1 is 0.245 bits per heavy atom. The van der Waals surface area contributed by atoms with Crippen LogP contribution in [0.1, 0.15) is 0 Å². The van der Waals surface area contributed by atoms with Gasteiger partial charge in [-0.25, -0.2) is 52.7 Å². The third-order valence-corrected chi connectivity index (χ3v) is 5.73. The fraction of sp³-hybridized carbons (Fsp3) is 0.111. The molecule has 4 aromatic rings. The molecule has 0 aliphatic heterocycles. The summed E-state index contributed by atoms with van der Waals surface area (Å²) in [5.41, 5.74) is 0. The summed E-state index contributed by atoms with van der Waals surface area (Å²) in [4.78, 5) is 1.42. The van der Waals surface area contributed by atoms with Gasteiger partial charge < -0.3 is 23.5 Å². The van der Waals surface area contributed by atoms with Crippen LogP contribution >= 0.6 is 0 Å². The van der Waals surface area contributed by atoms with Crippen LogP contribution in [0.5, 0.6) is 23.0 Å². The highest BCUT2D eigenvalue weighted by molar-refractivity contribution is 6.57. The molecule has 0 saturated heterocycles. The van der Waals surface area contributed by atoms with E-state index in [0.717, 1.165) is 0 Å². The Morgan fingerprint density at radius 2 is 0.340 bits per heavy atom. The molecule has 0 saturated carbocycles. The van der Waals surface area contributed by atoms with E-state index in [2.05, 4.69) is 39.8 Å². The number of nitrogens with one attached hydrogen (secondary N) is 1. The van der Waals surface area contributed by atoms with Crippen LogP contribution in [0.25, 0.3) is 0 Å². The van der Waals surface area contributed by atoms with Gasteiger partial charge in [-0.15, -0.1) is 0 Å². The minimum Gasteiger partial charge on any atom is -0.607 e. The van der Waals surface area contributed by atoms with Gasteiger partial charge in [-0.3, -0.25) is 0 Å². The van der Waals surface area contributed by atoms with Crippen molar-refractivity contribution in [2.24, 2.45) is 0 Å². The van der Waals surface area contributed by atoms with E-state index < -0.39 is 146 Å². The first-order valence-corrected chi connectivity index (χ1v) is 13.0. The third kappa shape index (κ3) is 7.62. The summed E-state index contributed by atoms with van der Waals surface area (Å²) in [6, 6.07) is 0. The van der Waals surface area contributed by atoms with Gasteiger partial charge in [0.25, 0.3) is 0 Å². The van der Waals surface area contributed by atoms with Crippen molar-refractivity contribution in [2.75, 3.05) is 21.1 Å². The molecule has 0 aromatic heterocycles. The van der Waals surface area contributed by atoms with Gasteiger partial charge >= 0.3 is 6.96 Å². The van der Waals surface area contributed by atoms with Crippen molar-refractivity contribution < 1.29 is 111 Å². The smallest absolute Gasteiger partial charge is 0.607 e. The summed E-state index contributed by atoms with van der Waals surface area (Å²) < 4.78 is 299. The molecule has 53 heavy (non-hydrogen) atoms. The monoisotopic (exact) mass is 803 g/mol. The van der Waals surface area contributed by atoms with Gasteiger partial charge in [0, 0.05) is 0 Å². The van der Waals surface area contributed by atoms with Gasteiger partial charge in [0.05, 0.1) is 21.1 Å². The molecule has 290 valence electrons. The van der Waals surface area contributed by atoms with E-state index in [-0.39, 0.29) is 0 Å². The van der Waals surface area contributed by atoms with E-state index in [9.17, 15) is 87.8 Å². The van der Waals surface area contributed by atoms with Crippen LogP contribution in [0.3, 0.4) is 0 Å². The van der Waals surface area contributed by atoms with E-state index in [1.165, 1.54) is 4.90 Å². The lowest BCUT2D eigenvalue weighted by molar-refractivity contribution is -0.836. The summed E-state index contributed by atoms with van der Waals surface area (Å²) in [6.07, 6.45) is 0. The van der Waals surface area contributed by atoms with Gasteiger partial charge in [-0.1, -0.05) is 0 Å². The third-order valence-electron chi connectivity index (χ3n) is 5.73. The van der Waals surface area contributed by atoms with E-state index in [1.54, 1.807) is 0 Å². The van der Waals surface area contributed by atoms with Gasteiger partial charge in [0.2, 0.25) is 116 Å². The summed E-state index contributed by atoms with van der Waals surface area (Å²) >= 11 is 0. The molecular weight excluding hydrogens is 793 g/mol. The summed E-state index contributed by atoms with van der Waals surface area (Å²) in [6.45, 7) is -6.78. The predicted octanol–water partition coefficient (Wildman–Crippen LogP) is 7.28. The first-order chi connectivity index (χ1) is 24.3. The normalized spacial score (nSPS) is 11.5. The van der Waals surface area contributed by atoms with Crippen LogP contribution in [0.15, 0.2) is 0 Å². The minimum atomic E-state index is -6.78. The Bertz CT molecular complexity index is 1710. The lowest BCUT2D eigenvalue weighted by Gasteiger charge is -2.41. The van der Waals surface area contributed by atoms with Crippen molar-refractivity contribution in [3.8, 4) is 23.0 Å². The molecule has 26 heteroatoms. The fourth-order valence-corrected chi connectivity index (χ4v) is 3.47. The van der Waals surface area contributed by atoms with Crippen molar-refractivity contribution >= 4 is 6.96 Å². The number of hydrogen-bond donors (Lipinski definition) is 1. The molecule has 4 aromatic carbocycles. The molecule has 4 rings (SSSR count). The fourth-order valence-electron chi connectivity index (χ4n) is 3.47. The lowest BCUT2D eigenvalue weighted by Crippen LogP contribution is -3.02. The van der Waals surface area contributed by atoms with Crippen molar-refractivity contribution in [1.82, 2.24) is 0 Å². The second-order valence-corrected chi connectivity index (χ2v) is 10.1. The van der Waals surface area contributed by atoms with Crippen molar-refractivity contribution in [1.29, 1.82) is 0 Å². The van der Waals surface area contributed by atoms with Crippen LogP contribution < -0.4 is 23.5 Å². The topological polar surface area (TPSA) is 41.4 Å². The Hall–Kier alpha value is -5.30. The predicted molar refractivity (Wildman–Crippen MR) is 132 cm³/mol. The first-order valence-electron chi connectivity index (χ1n) is 13.0. The van der Waals surface area contributed by atoms with Crippen molar-refractivity contribution in [3.05, 3.63) is 116 Å². The molecule has 0 amide bonds. The van der Waals surface area contributed by atoms with E-state index in [0.29, 0.717) is 0 Å². The van der Waals surface area contributed by atoms with Gasteiger partial charge in [-0.05, 0) is 0 Å². The Balaban J connectivity index is 0.00000180. The molecule has 0 radical (unpaired) electrons. The quantitative estimate of drug-likeness (QED) is 0.0881. The van der Waals surface area contributed by atoms with Gasteiger partial charge in [0.15, 0.2) is 23.0 Å². The van der Waals surface area contributed by atoms with Crippen LogP contribution in [0, 0.1) is 116 Å². The second-order valence-electron chi connectivity index (χ2n) is 10.1. The average molecular weight is 803 g/mol. The van der Waals surface area contributed by atoms with Crippen LogP contribution in [0.2, 0.25) is 0 Å². The number of benzene rings is 4. The molecule has 0 bridgehead atoms. The van der Waals surface area contributed by atoms with E-state index in [1.807, 2.05) is 0 Å². The second kappa shape index (κ2) is 15.4. The highest BCUT2D eigenvalue weighted by Gasteiger charge is 2.50. The molecule has 1 N–H and O–H groups in total. The standard InChI is InChI=1S/C24BF20O4.C3H9N/c26-1-5(30)13(38)21(14(39)6(1)31)46-25(47-22-15(40)7(32)2(27)8(33)16(22)41,48-23-17(42)9(34)3(28)10(35)18(23)43)49-24-19(44)11(36)4(29)12(37)20(24)45;1-4(2)3/h;1-3H3/q-1;/p+1. The maximum absolute atomic E-state index is 14.6. The largest absolute Gasteiger partial charge is 0.777 e. The lowest BCUT2D eigenvalue weighted by atomic mass is 10.0. The number of hydrogen-bond acceptors (Lipinski definition) is 4. The van der Waals surface area contributed by atoms with Crippen LogP contribution in [-0.4, -0.2) is 28.1 Å². The number of quaternary nitrogens is 1. The molecule has 0 heterocycles. The summed E-state index contributed by atoms with van der Waals surface area (Å²) in [5.74, 6) is -77.1. The maximum atomic E-state index is 14.6. The molecular formula is C27H10BF20NO4. The summed E-state index contributed by atoms with van der Waals surface area (Å²) in [5, 5.41) is 0. The Morgan fingerprint density at radius 3 is 0.453 bits per heavy atom. The molecule has 0 fully saturated rings. The zero-order chi connectivity index (χ0) is 40.8. The molecule has 0 atom stereocenters. The Kier molecular flexibility index (Phi) is 12.2. The van der Waals surface area contributed by atoms with Crippen molar-refractivity contribution in [3.63, 3.8) is 0 Å². The SMILES string of the molecule is C[NH+](C)C.Fc1c(F)c(F)c(O[B-](Oc2c(F)c(F)c(F)c(F)c2F)(Oc2c(F)c(F)c(F)c(F)c2F)Oc2c(F)c(F)c(F)c(F)c2F)c(F)c1F. The molecule has 5 nitrogen and oxygen atoms in total. The van der Waals surface area contributed by atoms with E-state index >= 15 is 0 Å². The Labute approximate surface area is 279 Å². The summed E-state index contributed by atoms with van der Waals surface area (Å²) in [7, 11) is 6.25.